The fraction of sp³-hybridized carbons (Fsp3) is 0.529. The lowest BCUT2D eigenvalue weighted by Crippen LogP contribution is -2.32. The lowest BCUT2D eigenvalue weighted by molar-refractivity contribution is -0.119. The molecule has 5 heteroatoms. The smallest absolute Gasteiger partial charge is 0.228 e. The molecule has 0 radical (unpaired) electrons. The summed E-state index contributed by atoms with van der Waals surface area (Å²) >= 11 is 0. The van der Waals surface area contributed by atoms with Crippen LogP contribution in [0.2, 0.25) is 0 Å². The maximum Gasteiger partial charge on any atom is 0.228 e. The molecule has 2 aliphatic heterocycles. The average Bonchev–Trinajstić information content (AvgIpc) is 3.15. The van der Waals surface area contributed by atoms with E-state index in [0.717, 1.165) is 31.7 Å². The van der Waals surface area contributed by atoms with E-state index in [1.54, 1.807) is 0 Å². The lowest BCUT2D eigenvalue weighted by Gasteiger charge is -2.20. The third-order valence-corrected chi connectivity index (χ3v) is 4.44. The third-order valence-electron chi connectivity index (χ3n) is 4.44. The van der Waals surface area contributed by atoms with Gasteiger partial charge in [0, 0.05) is 50.9 Å². The Kier molecular flexibility index (Phi) is 4.32. The number of nitrogens with one attached hydrogen (secondary N) is 1. The van der Waals surface area contributed by atoms with E-state index in [2.05, 4.69) is 28.4 Å². The van der Waals surface area contributed by atoms with Crippen molar-refractivity contribution in [2.24, 2.45) is 0 Å². The summed E-state index contributed by atoms with van der Waals surface area (Å²) in [6, 6.07) is 6.44. The molecule has 5 nitrogen and oxygen atoms in total. The van der Waals surface area contributed by atoms with Crippen LogP contribution >= 0.6 is 0 Å². The van der Waals surface area contributed by atoms with E-state index in [4.69, 9.17) is 0 Å². The number of hydrogen-bond donors (Lipinski definition) is 1. The number of rotatable bonds is 4. The Bertz CT molecular complexity index is 579. The largest absolute Gasteiger partial charge is 0.372 e. The van der Waals surface area contributed by atoms with Crippen molar-refractivity contribution in [1.82, 2.24) is 5.32 Å². The molecule has 0 bridgehead atoms. The Hall–Kier alpha value is -2.04. The number of amides is 2. The van der Waals surface area contributed by atoms with E-state index in [-0.39, 0.29) is 11.8 Å². The number of nitrogens with zero attached hydrogens (tertiary/aromatic N) is 2. The van der Waals surface area contributed by atoms with Crippen molar-refractivity contribution in [2.45, 2.75) is 32.6 Å². The van der Waals surface area contributed by atoms with Gasteiger partial charge in [-0.3, -0.25) is 9.59 Å². The zero-order chi connectivity index (χ0) is 15.5. The number of carbonyl (C=O) groups excluding carboxylic acids is 2. The fourth-order valence-corrected chi connectivity index (χ4v) is 3.30. The van der Waals surface area contributed by atoms with Gasteiger partial charge in [0.1, 0.15) is 0 Å². The second kappa shape index (κ2) is 6.38. The number of fused-ring (bicyclic) bond motifs is 1. The van der Waals surface area contributed by atoms with Gasteiger partial charge >= 0.3 is 0 Å². The molecule has 2 aliphatic rings. The molecule has 1 aromatic rings. The highest BCUT2D eigenvalue weighted by Crippen LogP contribution is 2.33. The molecule has 2 amide bonds. The zero-order valence-electron chi connectivity index (χ0n) is 13.1. The molecule has 2 heterocycles. The van der Waals surface area contributed by atoms with E-state index >= 15 is 0 Å². The van der Waals surface area contributed by atoms with Crippen molar-refractivity contribution >= 4 is 23.2 Å². The average molecular weight is 301 g/mol. The van der Waals surface area contributed by atoms with Crippen LogP contribution in [0.4, 0.5) is 11.4 Å². The molecule has 1 saturated heterocycles. The predicted octanol–water partition coefficient (Wildman–Crippen LogP) is 1.70. The number of anilines is 2. The molecular formula is C17H23N3O2. The van der Waals surface area contributed by atoms with Gasteiger partial charge in [0.2, 0.25) is 11.8 Å². The van der Waals surface area contributed by atoms with Crippen LogP contribution in [0, 0.1) is 0 Å². The van der Waals surface area contributed by atoms with Crippen molar-refractivity contribution in [3.05, 3.63) is 23.8 Å². The van der Waals surface area contributed by atoms with Crippen LogP contribution < -0.4 is 15.1 Å². The predicted molar refractivity (Wildman–Crippen MR) is 87.2 cm³/mol. The van der Waals surface area contributed by atoms with Crippen molar-refractivity contribution in [1.29, 1.82) is 0 Å². The Morgan fingerprint density at radius 1 is 1.18 bits per heavy atom. The highest BCUT2D eigenvalue weighted by molar-refractivity contribution is 5.96. The van der Waals surface area contributed by atoms with Crippen LogP contribution in [0.5, 0.6) is 0 Å². The van der Waals surface area contributed by atoms with Gasteiger partial charge in [0.15, 0.2) is 0 Å². The Labute approximate surface area is 131 Å². The van der Waals surface area contributed by atoms with Crippen molar-refractivity contribution in [3.63, 3.8) is 0 Å². The molecule has 22 heavy (non-hydrogen) atoms. The molecule has 0 atom stereocenters. The van der Waals surface area contributed by atoms with Gasteiger partial charge in [-0.1, -0.05) is 0 Å². The topological polar surface area (TPSA) is 52.7 Å². The molecule has 0 aliphatic carbocycles. The van der Waals surface area contributed by atoms with Crippen molar-refractivity contribution < 1.29 is 9.59 Å². The molecule has 0 aromatic heterocycles. The Balaban J connectivity index is 1.66. The van der Waals surface area contributed by atoms with E-state index in [1.165, 1.54) is 31.0 Å². The molecule has 0 unspecified atom stereocenters. The van der Waals surface area contributed by atoms with Crippen LogP contribution in [0.25, 0.3) is 0 Å². The van der Waals surface area contributed by atoms with Crippen molar-refractivity contribution in [2.75, 3.05) is 36.0 Å². The zero-order valence-corrected chi connectivity index (χ0v) is 13.1. The molecule has 1 fully saturated rings. The van der Waals surface area contributed by atoms with E-state index in [9.17, 15) is 9.59 Å². The first-order chi connectivity index (χ1) is 10.6. The summed E-state index contributed by atoms with van der Waals surface area (Å²) in [5, 5.41) is 2.68. The number of carbonyl (C=O) groups is 2. The molecule has 1 aromatic carbocycles. The van der Waals surface area contributed by atoms with Crippen LogP contribution in [0.15, 0.2) is 18.2 Å². The minimum atomic E-state index is -0.0927. The molecule has 1 N–H and O–H groups in total. The highest BCUT2D eigenvalue weighted by Gasteiger charge is 2.25. The fourth-order valence-electron chi connectivity index (χ4n) is 3.30. The quantitative estimate of drug-likeness (QED) is 0.921. The van der Waals surface area contributed by atoms with Gasteiger partial charge < -0.3 is 15.1 Å². The first-order valence-corrected chi connectivity index (χ1v) is 8.08. The minimum absolute atomic E-state index is 0.0847. The Morgan fingerprint density at radius 2 is 1.95 bits per heavy atom. The van der Waals surface area contributed by atoms with Gasteiger partial charge in [-0.05, 0) is 43.0 Å². The second-order valence-corrected chi connectivity index (χ2v) is 6.04. The summed E-state index contributed by atoms with van der Waals surface area (Å²) in [5.74, 6) is -0.00806. The van der Waals surface area contributed by atoms with Gasteiger partial charge in [-0.2, -0.15) is 0 Å². The van der Waals surface area contributed by atoms with E-state index in [0.29, 0.717) is 13.0 Å². The molecular weight excluding hydrogens is 278 g/mol. The molecule has 3 rings (SSSR count). The standard InChI is InChI=1S/C17H23N3O2/c1-13(21)18-8-6-17(22)20-11-7-14-12-15(4-5-16(14)20)19-9-2-3-10-19/h4-5,12H,2-3,6-11H2,1H3,(H,18,21). The maximum absolute atomic E-state index is 12.3. The first kappa shape index (κ1) is 14.9. The normalized spacial score (nSPS) is 16.8. The summed E-state index contributed by atoms with van der Waals surface area (Å²) < 4.78 is 0. The highest BCUT2D eigenvalue weighted by atomic mass is 16.2. The lowest BCUT2D eigenvalue weighted by atomic mass is 10.1. The maximum atomic E-state index is 12.3. The summed E-state index contributed by atoms with van der Waals surface area (Å²) in [5.41, 5.74) is 3.58. The Morgan fingerprint density at radius 3 is 2.68 bits per heavy atom. The molecule has 0 spiro atoms. The van der Waals surface area contributed by atoms with Gasteiger partial charge in [0.05, 0.1) is 0 Å². The summed E-state index contributed by atoms with van der Waals surface area (Å²) in [6.45, 7) is 4.90. The molecule has 0 saturated carbocycles. The minimum Gasteiger partial charge on any atom is -0.372 e. The SMILES string of the molecule is CC(=O)NCCC(=O)N1CCc2cc(N3CCCC3)ccc21. The van der Waals surface area contributed by atoms with Crippen LogP contribution in [0.3, 0.4) is 0 Å². The van der Waals surface area contributed by atoms with Gasteiger partial charge in [-0.15, -0.1) is 0 Å². The summed E-state index contributed by atoms with van der Waals surface area (Å²) in [4.78, 5) is 27.4. The van der Waals surface area contributed by atoms with Gasteiger partial charge in [-0.25, -0.2) is 0 Å². The van der Waals surface area contributed by atoms with Crippen molar-refractivity contribution in [3.8, 4) is 0 Å². The van der Waals surface area contributed by atoms with Gasteiger partial charge in [0.25, 0.3) is 0 Å². The van der Waals surface area contributed by atoms with E-state index < -0.39 is 0 Å². The molecule has 118 valence electrons. The monoisotopic (exact) mass is 301 g/mol. The van der Waals surface area contributed by atoms with E-state index in [1.807, 2.05) is 4.90 Å². The number of benzene rings is 1. The van der Waals surface area contributed by atoms with Crippen LogP contribution in [0.1, 0.15) is 31.7 Å². The third kappa shape index (κ3) is 3.08. The number of hydrogen-bond acceptors (Lipinski definition) is 3. The van der Waals surface area contributed by atoms with Crippen LogP contribution in [-0.4, -0.2) is 38.0 Å². The van der Waals surface area contributed by atoms with Crippen LogP contribution in [-0.2, 0) is 16.0 Å². The first-order valence-electron chi connectivity index (χ1n) is 8.08. The second-order valence-electron chi connectivity index (χ2n) is 6.04. The summed E-state index contributed by atoms with van der Waals surface area (Å²) in [6.07, 6.45) is 3.81. The summed E-state index contributed by atoms with van der Waals surface area (Å²) in [7, 11) is 0.